The van der Waals surface area contributed by atoms with Gasteiger partial charge in [0.15, 0.2) is 0 Å². The number of rotatable bonds is 6. The number of esters is 1. The third kappa shape index (κ3) is 4.99. The van der Waals surface area contributed by atoms with E-state index in [0.29, 0.717) is 46.9 Å². The Labute approximate surface area is 265 Å². The predicted molar refractivity (Wildman–Crippen MR) is 171 cm³/mol. The number of anilines is 1. The molecule has 1 fully saturated rings. The van der Waals surface area contributed by atoms with E-state index in [1.807, 2.05) is 26.8 Å². The number of amides is 1. The summed E-state index contributed by atoms with van der Waals surface area (Å²) in [4.78, 5) is 34.2. The lowest BCUT2D eigenvalue weighted by atomic mass is 9.73. The quantitative estimate of drug-likeness (QED) is 0.175. The van der Waals surface area contributed by atoms with Crippen LogP contribution < -0.4 is 5.32 Å². The second kappa shape index (κ2) is 11.7. The topological polar surface area (TPSA) is 76.5 Å². The lowest BCUT2D eigenvalue weighted by Crippen LogP contribution is -2.55. The molecule has 3 aromatic carbocycles. The van der Waals surface area contributed by atoms with Crippen LogP contribution in [0.5, 0.6) is 0 Å². The van der Waals surface area contributed by atoms with E-state index >= 15 is 4.39 Å². The van der Waals surface area contributed by atoms with Crippen molar-refractivity contribution in [2.45, 2.75) is 57.2 Å². The smallest absolute Gasteiger partial charge is 0.337 e. The zero-order valence-corrected chi connectivity index (χ0v) is 26.4. The number of carbonyl (C=O) groups is 2. The van der Waals surface area contributed by atoms with E-state index in [9.17, 15) is 9.59 Å². The lowest BCUT2D eigenvalue weighted by Gasteiger charge is -2.39. The maximum atomic E-state index is 16.1. The van der Waals surface area contributed by atoms with E-state index in [2.05, 4.69) is 20.9 Å². The highest BCUT2D eigenvalue weighted by molar-refractivity contribution is 6.31. The van der Waals surface area contributed by atoms with Crippen molar-refractivity contribution < 1.29 is 18.7 Å². The van der Waals surface area contributed by atoms with Crippen LogP contribution in [0.3, 0.4) is 0 Å². The number of benzene rings is 3. The molecule has 10 heteroatoms. The average molecular weight is 636 g/mol. The van der Waals surface area contributed by atoms with Gasteiger partial charge in [0.05, 0.1) is 28.7 Å². The Balaban J connectivity index is 1.58. The number of carbonyl (C=O) groups excluding carboxylic acids is 2. The maximum absolute atomic E-state index is 16.1. The fourth-order valence-corrected chi connectivity index (χ4v) is 7.42. The van der Waals surface area contributed by atoms with Crippen molar-refractivity contribution in [2.75, 3.05) is 19.0 Å². The zero-order valence-electron chi connectivity index (χ0n) is 24.9. The van der Waals surface area contributed by atoms with E-state index in [1.54, 1.807) is 48.5 Å². The molecule has 2 aliphatic heterocycles. The molecule has 1 saturated heterocycles. The fourth-order valence-electron chi connectivity index (χ4n) is 7.05. The van der Waals surface area contributed by atoms with Crippen LogP contribution in [0, 0.1) is 5.82 Å². The Kier molecular flexibility index (Phi) is 8.03. The molecule has 0 unspecified atom stereocenters. The summed E-state index contributed by atoms with van der Waals surface area (Å²) in [6, 6.07) is 17.1. The number of methoxy groups -OCH3 is 1. The van der Waals surface area contributed by atoms with Gasteiger partial charge in [-0.3, -0.25) is 9.69 Å². The number of nitrogens with one attached hydrogen (secondary N) is 1. The van der Waals surface area contributed by atoms with Crippen LogP contribution in [0.15, 0.2) is 72.3 Å². The molecule has 1 N–H and O–H groups in total. The first-order valence-corrected chi connectivity index (χ1v) is 15.3. The second-order valence-corrected chi connectivity index (χ2v) is 12.7. The molecule has 3 heterocycles. The van der Waals surface area contributed by atoms with Crippen LogP contribution in [-0.2, 0) is 16.1 Å². The van der Waals surface area contributed by atoms with Gasteiger partial charge >= 0.3 is 5.97 Å². The minimum atomic E-state index is -1.22. The van der Waals surface area contributed by atoms with E-state index in [1.165, 1.54) is 13.2 Å². The Morgan fingerprint density at radius 3 is 2.64 bits per heavy atom. The van der Waals surface area contributed by atoms with Crippen molar-refractivity contribution in [3.63, 3.8) is 0 Å². The van der Waals surface area contributed by atoms with Gasteiger partial charge in [-0.05, 0) is 75.2 Å². The molecule has 0 radical (unpaired) electrons. The number of hydrogen-bond acceptors (Lipinski definition) is 5. The summed E-state index contributed by atoms with van der Waals surface area (Å²) in [5, 5.41) is 3.57. The van der Waals surface area contributed by atoms with Crippen molar-refractivity contribution in [1.82, 2.24) is 14.5 Å². The molecule has 0 spiro atoms. The molecule has 4 atom stereocenters. The number of nitrogens with zero attached hydrogens (tertiary/aromatic N) is 3. The Morgan fingerprint density at radius 2 is 1.91 bits per heavy atom. The number of aromatic nitrogens is 2. The van der Waals surface area contributed by atoms with Crippen LogP contribution in [0.25, 0.3) is 11.0 Å². The van der Waals surface area contributed by atoms with Gasteiger partial charge in [-0.2, -0.15) is 0 Å². The van der Waals surface area contributed by atoms with Crippen LogP contribution in [-0.4, -0.2) is 51.6 Å². The van der Waals surface area contributed by atoms with Crippen molar-refractivity contribution in [1.29, 1.82) is 0 Å². The molecule has 44 heavy (non-hydrogen) atoms. The molecular formula is C34H33Cl2FN4O3. The second-order valence-electron chi connectivity index (χ2n) is 11.9. The molecule has 0 bridgehead atoms. The van der Waals surface area contributed by atoms with Crippen LogP contribution in [0.4, 0.5) is 10.1 Å². The van der Waals surface area contributed by atoms with Gasteiger partial charge in [0.2, 0.25) is 5.91 Å². The van der Waals surface area contributed by atoms with Gasteiger partial charge in [0, 0.05) is 41.7 Å². The number of fused-ring (bicyclic) bond motifs is 5. The normalized spacial score (nSPS) is 22.8. The van der Waals surface area contributed by atoms with Crippen molar-refractivity contribution in [3.05, 3.63) is 105 Å². The highest BCUT2D eigenvalue weighted by Gasteiger charge is 2.63. The lowest BCUT2D eigenvalue weighted by molar-refractivity contribution is -0.126. The molecule has 0 aliphatic carbocycles. The Morgan fingerprint density at radius 1 is 1.14 bits per heavy atom. The average Bonchev–Trinajstić information content (AvgIpc) is 3.49. The number of aryl methyl sites for hydroxylation is 1. The minimum absolute atomic E-state index is 0.00794. The van der Waals surface area contributed by atoms with Gasteiger partial charge in [0.1, 0.15) is 17.2 Å². The largest absolute Gasteiger partial charge is 0.465 e. The number of halogens is 3. The summed E-state index contributed by atoms with van der Waals surface area (Å²) in [6.07, 6.45) is 2.80. The molecule has 1 amide bonds. The highest BCUT2D eigenvalue weighted by atomic mass is 35.5. The predicted octanol–water partition coefficient (Wildman–Crippen LogP) is 7.59. The minimum Gasteiger partial charge on any atom is -0.465 e. The summed E-state index contributed by atoms with van der Waals surface area (Å²) in [7, 11) is 1.34. The van der Waals surface area contributed by atoms with E-state index in [4.69, 9.17) is 32.9 Å². The molecular weight excluding hydrogens is 602 g/mol. The van der Waals surface area contributed by atoms with Gasteiger partial charge < -0.3 is 14.6 Å². The summed E-state index contributed by atoms with van der Waals surface area (Å²) < 4.78 is 23.2. The SMILES string of the molecule is COC(=O)c1ccc2c(c1)nc1n2CC[C@H]2[C@@H]1[C@H](c1cccc(Cl)c1F)[C@](C)(C(=O)Nc1cccc(Cl)c1)N2CC=C(C)C. The first-order valence-electron chi connectivity index (χ1n) is 14.5. The third-order valence-corrected chi connectivity index (χ3v) is 9.60. The van der Waals surface area contributed by atoms with Crippen LogP contribution >= 0.6 is 23.2 Å². The monoisotopic (exact) mass is 634 g/mol. The number of ether oxygens (including phenoxy) is 1. The number of imidazole rings is 1. The van der Waals surface area contributed by atoms with Crippen molar-refractivity contribution in [3.8, 4) is 0 Å². The number of likely N-dealkylation sites (tertiary alicyclic amines) is 1. The number of hydrogen-bond donors (Lipinski definition) is 1. The Bertz CT molecular complexity index is 1820. The summed E-state index contributed by atoms with van der Waals surface area (Å²) in [5.41, 5.74) is 2.69. The van der Waals surface area contributed by atoms with Crippen molar-refractivity contribution >= 4 is 51.8 Å². The van der Waals surface area contributed by atoms with E-state index < -0.39 is 23.2 Å². The van der Waals surface area contributed by atoms with Gasteiger partial charge in [-0.1, -0.05) is 53.1 Å². The fraction of sp³-hybridized carbons (Fsp3) is 0.324. The first kappa shape index (κ1) is 30.3. The summed E-state index contributed by atoms with van der Waals surface area (Å²) in [5.74, 6) is -1.57. The maximum Gasteiger partial charge on any atom is 0.337 e. The summed E-state index contributed by atoms with van der Waals surface area (Å²) >= 11 is 12.6. The van der Waals surface area contributed by atoms with Crippen LogP contribution in [0.1, 0.15) is 60.8 Å². The first-order chi connectivity index (χ1) is 21.0. The Hall–Kier alpha value is -3.72. The van der Waals surface area contributed by atoms with Crippen LogP contribution in [0.2, 0.25) is 10.0 Å². The molecule has 2 aliphatic rings. The van der Waals surface area contributed by atoms with Crippen molar-refractivity contribution in [2.24, 2.45) is 0 Å². The third-order valence-electron chi connectivity index (χ3n) is 9.08. The molecule has 4 aromatic rings. The molecule has 7 nitrogen and oxygen atoms in total. The van der Waals surface area contributed by atoms with Gasteiger partial charge in [-0.15, -0.1) is 0 Å². The standard InChI is InChI=1S/C34H33Cl2FN4O3/c1-19(2)13-16-41-27-14-15-40-26-12-11-20(32(42)44-4)17-25(26)39-31(40)28(27)29(23-9-6-10-24(36)30(23)37)34(41,3)33(43)38-22-8-5-7-21(35)18-22/h5-13,17-18,27-29H,14-16H2,1-4H3,(H,38,43)/t27-,28+,29-,34+/m0/s1. The highest BCUT2D eigenvalue weighted by Crippen LogP contribution is 2.57. The van der Waals surface area contributed by atoms with Gasteiger partial charge in [-0.25, -0.2) is 14.2 Å². The van der Waals surface area contributed by atoms with E-state index in [-0.39, 0.29) is 22.9 Å². The number of allylic oxidation sites excluding steroid dienone is 1. The molecule has 6 rings (SSSR count). The van der Waals surface area contributed by atoms with Gasteiger partial charge in [0.25, 0.3) is 0 Å². The molecule has 228 valence electrons. The summed E-state index contributed by atoms with van der Waals surface area (Å²) in [6.45, 7) is 7.05. The van der Waals surface area contributed by atoms with E-state index in [0.717, 1.165) is 16.9 Å². The zero-order chi connectivity index (χ0) is 31.3. The molecule has 0 saturated carbocycles. The molecule has 1 aromatic heterocycles.